The van der Waals surface area contributed by atoms with Crippen molar-refractivity contribution >= 4 is 32.9 Å². The van der Waals surface area contributed by atoms with E-state index >= 15 is 0 Å². The zero-order valence-corrected chi connectivity index (χ0v) is 13.9. The molecule has 24 heavy (non-hydrogen) atoms. The molecule has 0 fully saturated rings. The molecule has 0 aliphatic heterocycles. The first-order valence-electron chi connectivity index (χ1n) is 7.56. The first-order valence-corrected chi connectivity index (χ1v) is 8.37. The van der Waals surface area contributed by atoms with E-state index in [-0.39, 0.29) is 0 Å². The van der Waals surface area contributed by atoms with Crippen LogP contribution in [0.4, 0.5) is 5.13 Å². The first-order chi connectivity index (χ1) is 11.8. The second kappa shape index (κ2) is 6.25. The number of rotatable bonds is 4. The van der Waals surface area contributed by atoms with E-state index in [4.69, 9.17) is 0 Å². The SMILES string of the molecule is Cc1nn(-c2ccccc2)cc1/C=N\Nc1nc2ccccc2s1. The average Bonchev–Trinajstić information content (AvgIpc) is 3.19. The van der Waals surface area contributed by atoms with Crippen LogP contribution >= 0.6 is 11.3 Å². The monoisotopic (exact) mass is 333 g/mol. The summed E-state index contributed by atoms with van der Waals surface area (Å²) in [5.74, 6) is 0. The van der Waals surface area contributed by atoms with Crippen LogP contribution in [0.5, 0.6) is 0 Å². The number of para-hydroxylation sites is 2. The molecule has 0 spiro atoms. The molecule has 0 aliphatic rings. The van der Waals surface area contributed by atoms with E-state index in [1.54, 1.807) is 17.6 Å². The van der Waals surface area contributed by atoms with Crippen molar-refractivity contribution in [3.63, 3.8) is 0 Å². The van der Waals surface area contributed by atoms with Crippen LogP contribution in [0.15, 0.2) is 65.9 Å². The van der Waals surface area contributed by atoms with Crippen LogP contribution in [-0.4, -0.2) is 21.0 Å². The summed E-state index contributed by atoms with van der Waals surface area (Å²) in [6.45, 7) is 1.97. The lowest BCUT2D eigenvalue weighted by molar-refractivity contribution is 0.863. The Bertz CT molecular complexity index is 968. The molecule has 0 saturated heterocycles. The third-order valence-corrected chi connectivity index (χ3v) is 4.56. The minimum Gasteiger partial charge on any atom is -0.253 e. The first kappa shape index (κ1) is 14.6. The van der Waals surface area contributed by atoms with Crippen molar-refractivity contribution in [1.82, 2.24) is 14.8 Å². The van der Waals surface area contributed by atoms with Crippen LogP contribution < -0.4 is 5.43 Å². The molecule has 4 rings (SSSR count). The van der Waals surface area contributed by atoms with Gasteiger partial charge in [0.1, 0.15) is 0 Å². The zero-order valence-electron chi connectivity index (χ0n) is 13.0. The minimum atomic E-state index is 0.778. The maximum Gasteiger partial charge on any atom is 0.204 e. The van der Waals surface area contributed by atoms with Crippen molar-refractivity contribution in [1.29, 1.82) is 0 Å². The normalized spacial score (nSPS) is 11.4. The van der Waals surface area contributed by atoms with Gasteiger partial charge in [-0.15, -0.1) is 0 Å². The van der Waals surface area contributed by atoms with Gasteiger partial charge in [-0.25, -0.2) is 9.67 Å². The van der Waals surface area contributed by atoms with Crippen LogP contribution in [0.1, 0.15) is 11.3 Å². The van der Waals surface area contributed by atoms with Gasteiger partial charge in [-0.1, -0.05) is 41.7 Å². The molecule has 0 bridgehead atoms. The third-order valence-electron chi connectivity index (χ3n) is 3.62. The summed E-state index contributed by atoms with van der Waals surface area (Å²) < 4.78 is 3.00. The predicted octanol–water partition coefficient (Wildman–Crippen LogP) is 4.24. The van der Waals surface area contributed by atoms with Crippen LogP contribution in [0.2, 0.25) is 0 Å². The molecule has 118 valence electrons. The number of fused-ring (bicyclic) bond motifs is 1. The molecule has 4 aromatic rings. The molecule has 0 unspecified atom stereocenters. The molecule has 0 atom stereocenters. The fraction of sp³-hybridized carbons (Fsp3) is 0.0556. The lowest BCUT2D eigenvalue weighted by atomic mass is 10.3. The number of aromatic nitrogens is 3. The summed E-state index contributed by atoms with van der Waals surface area (Å²) in [5, 5.41) is 9.60. The molecule has 2 aromatic carbocycles. The number of thiazole rings is 1. The number of aryl methyl sites for hydroxylation is 1. The molecule has 2 aromatic heterocycles. The van der Waals surface area contributed by atoms with Gasteiger partial charge in [0.05, 0.1) is 27.8 Å². The Labute approximate surface area is 143 Å². The van der Waals surface area contributed by atoms with E-state index in [0.29, 0.717) is 0 Å². The Morgan fingerprint density at radius 3 is 2.71 bits per heavy atom. The van der Waals surface area contributed by atoms with Gasteiger partial charge in [-0.2, -0.15) is 10.2 Å². The molecule has 2 heterocycles. The van der Waals surface area contributed by atoms with E-state index < -0.39 is 0 Å². The highest BCUT2D eigenvalue weighted by atomic mass is 32.1. The highest BCUT2D eigenvalue weighted by molar-refractivity contribution is 7.22. The second-order valence-electron chi connectivity index (χ2n) is 5.31. The van der Waals surface area contributed by atoms with Gasteiger partial charge in [0, 0.05) is 11.8 Å². The Balaban J connectivity index is 1.52. The van der Waals surface area contributed by atoms with E-state index in [2.05, 4.69) is 26.7 Å². The molecule has 6 heteroatoms. The molecular formula is C18H15N5S. The fourth-order valence-corrected chi connectivity index (χ4v) is 3.21. The number of nitrogens with one attached hydrogen (secondary N) is 1. The Kier molecular flexibility index (Phi) is 3.80. The third kappa shape index (κ3) is 2.91. The lowest BCUT2D eigenvalue weighted by Gasteiger charge is -1.98. The van der Waals surface area contributed by atoms with Gasteiger partial charge in [0.15, 0.2) is 0 Å². The Morgan fingerprint density at radius 2 is 1.88 bits per heavy atom. The number of benzene rings is 2. The highest BCUT2D eigenvalue weighted by Gasteiger charge is 2.05. The van der Waals surface area contributed by atoms with Gasteiger partial charge in [0.25, 0.3) is 0 Å². The fourth-order valence-electron chi connectivity index (χ4n) is 2.39. The maximum atomic E-state index is 4.53. The Hall–Kier alpha value is -2.99. The Morgan fingerprint density at radius 1 is 1.08 bits per heavy atom. The van der Waals surface area contributed by atoms with E-state index in [9.17, 15) is 0 Å². The predicted molar refractivity (Wildman–Crippen MR) is 99.1 cm³/mol. The van der Waals surface area contributed by atoms with Crippen molar-refractivity contribution < 1.29 is 0 Å². The molecular weight excluding hydrogens is 318 g/mol. The van der Waals surface area contributed by atoms with Gasteiger partial charge >= 0.3 is 0 Å². The van der Waals surface area contributed by atoms with Crippen molar-refractivity contribution in [2.45, 2.75) is 6.92 Å². The number of nitrogens with zero attached hydrogens (tertiary/aromatic N) is 4. The largest absolute Gasteiger partial charge is 0.253 e. The summed E-state index contributed by atoms with van der Waals surface area (Å²) in [7, 11) is 0. The van der Waals surface area contributed by atoms with Crippen LogP contribution in [0, 0.1) is 6.92 Å². The summed E-state index contributed by atoms with van der Waals surface area (Å²) in [5.41, 5.74) is 6.90. The van der Waals surface area contributed by atoms with E-state index in [0.717, 1.165) is 32.3 Å². The molecule has 0 saturated carbocycles. The van der Waals surface area contributed by atoms with Gasteiger partial charge in [0.2, 0.25) is 5.13 Å². The van der Waals surface area contributed by atoms with Crippen LogP contribution in [0.25, 0.3) is 15.9 Å². The highest BCUT2D eigenvalue weighted by Crippen LogP contribution is 2.25. The smallest absolute Gasteiger partial charge is 0.204 e. The number of hydrazone groups is 1. The van der Waals surface area contributed by atoms with Crippen molar-refractivity contribution in [3.8, 4) is 5.69 Å². The number of hydrogen-bond acceptors (Lipinski definition) is 5. The van der Waals surface area contributed by atoms with Crippen molar-refractivity contribution in [3.05, 3.63) is 72.1 Å². The van der Waals surface area contributed by atoms with E-state index in [1.165, 1.54) is 0 Å². The van der Waals surface area contributed by atoms with Crippen LogP contribution in [0.3, 0.4) is 0 Å². The van der Waals surface area contributed by atoms with E-state index in [1.807, 2.05) is 66.3 Å². The topological polar surface area (TPSA) is 55.1 Å². The number of anilines is 1. The summed E-state index contributed by atoms with van der Waals surface area (Å²) in [6.07, 6.45) is 3.74. The molecule has 5 nitrogen and oxygen atoms in total. The summed E-state index contributed by atoms with van der Waals surface area (Å²) >= 11 is 1.58. The molecule has 0 amide bonds. The van der Waals surface area contributed by atoms with Crippen molar-refractivity contribution in [2.75, 3.05) is 5.43 Å². The van der Waals surface area contributed by atoms with Gasteiger partial charge in [-0.05, 0) is 31.2 Å². The molecule has 0 radical (unpaired) electrons. The van der Waals surface area contributed by atoms with Crippen LogP contribution in [-0.2, 0) is 0 Å². The maximum absolute atomic E-state index is 4.53. The standard InChI is InChI=1S/C18H15N5S/c1-13-14(12-23(22-13)15-7-3-2-4-8-15)11-19-21-18-20-16-9-5-6-10-17(16)24-18/h2-12H,1H3,(H,20,21)/b19-11-. The van der Waals surface area contributed by atoms with Gasteiger partial charge in [-0.3, -0.25) is 5.43 Å². The lowest BCUT2D eigenvalue weighted by Crippen LogP contribution is -1.93. The summed E-state index contributed by atoms with van der Waals surface area (Å²) in [4.78, 5) is 4.49. The second-order valence-corrected chi connectivity index (χ2v) is 6.34. The minimum absolute atomic E-state index is 0.778. The quantitative estimate of drug-likeness (QED) is 0.449. The molecule has 0 aliphatic carbocycles. The van der Waals surface area contributed by atoms with Crippen molar-refractivity contribution in [2.24, 2.45) is 5.10 Å². The molecule has 1 N–H and O–H groups in total. The number of hydrogen-bond donors (Lipinski definition) is 1. The van der Waals surface area contributed by atoms with Gasteiger partial charge < -0.3 is 0 Å². The average molecular weight is 333 g/mol. The zero-order chi connectivity index (χ0) is 16.4. The summed E-state index contributed by atoms with van der Waals surface area (Å²) in [6, 6.07) is 18.1.